The lowest BCUT2D eigenvalue weighted by Gasteiger charge is -2.22. The molecule has 1 N–H and O–H groups in total. The highest BCUT2D eigenvalue weighted by Gasteiger charge is 2.48. The van der Waals surface area contributed by atoms with Crippen molar-refractivity contribution < 1.29 is 33.5 Å². The number of esters is 1. The lowest BCUT2D eigenvalue weighted by atomic mass is 9.95. The average molecular weight is 497 g/mol. The van der Waals surface area contributed by atoms with Crippen molar-refractivity contribution in [3.8, 4) is 0 Å². The zero-order valence-corrected chi connectivity index (χ0v) is 19.0. The Labute approximate surface area is 201 Å². The lowest BCUT2D eigenvalue weighted by molar-refractivity contribution is -0.384. The maximum atomic E-state index is 13.4. The average Bonchev–Trinajstić information content (AvgIpc) is 3.35. The van der Waals surface area contributed by atoms with Crippen LogP contribution >= 0.6 is 11.3 Å². The number of benzene rings is 2. The third-order valence-corrected chi connectivity index (χ3v) is 6.48. The number of ether oxygens (including phenoxy) is 1. The van der Waals surface area contributed by atoms with E-state index in [0.29, 0.717) is 0 Å². The van der Waals surface area contributed by atoms with Crippen molar-refractivity contribution >= 4 is 45.6 Å². The maximum Gasteiger partial charge on any atom is 0.350 e. The van der Waals surface area contributed by atoms with Crippen LogP contribution in [-0.4, -0.2) is 39.8 Å². The molecule has 0 unspecified atom stereocenters. The van der Waals surface area contributed by atoms with Gasteiger partial charge >= 0.3 is 11.9 Å². The van der Waals surface area contributed by atoms with Crippen LogP contribution in [0.3, 0.4) is 0 Å². The van der Waals surface area contributed by atoms with Crippen molar-refractivity contribution in [2.24, 2.45) is 0 Å². The summed E-state index contributed by atoms with van der Waals surface area (Å²) in [4.78, 5) is 54.2. The van der Waals surface area contributed by atoms with Crippen molar-refractivity contribution in [1.82, 2.24) is 4.98 Å². The number of aliphatic hydroxyl groups is 1. The molecule has 2 heterocycles. The van der Waals surface area contributed by atoms with Gasteiger partial charge in [-0.25, -0.2) is 14.2 Å². The van der Waals surface area contributed by atoms with Gasteiger partial charge in [-0.15, -0.1) is 0 Å². The molecule has 1 atom stereocenters. The molecular formula is C23H16FN3O7S. The third-order valence-electron chi connectivity index (χ3n) is 5.34. The van der Waals surface area contributed by atoms with Crippen LogP contribution in [-0.2, 0) is 14.3 Å². The van der Waals surface area contributed by atoms with E-state index in [1.165, 1.54) is 50.4 Å². The highest BCUT2D eigenvalue weighted by molar-refractivity contribution is 7.17. The first kappa shape index (κ1) is 23.7. The van der Waals surface area contributed by atoms with Crippen LogP contribution in [0, 0.1) is 22.9 Å². The number of carbonyl (C=O) groups is 3. The lowest BCUT2D eigenvalue weighted by Crippen LogP contribution is -2.29. The number of anilines is 1. The summed E-state index contributed by atoms with van der Waals surface area (Å²) in [7, 11) is 1.19. The fraction of sp³-hybridized carbons (Fsp3) is 0.130. The molecule has 1 fully saturated rings. The molecule has 0 radical (unpaired) electrons. The number of ketones is 1. The Morgan fingerprint density at radius 1 is 1.17 bits per heavy atom. The Morgan fingerprint density at radius 3 is 2.37 bits per heavy atom. The van der Waals surface area contributed by atoms with Crippen LogP contribution in [0.5, 0.6) is 0 Å². The Balaban J connectivity index is 1.93. The molecule has 35 heavy (non-hydrogen) atoms. The Bertz CT molecular complexity index is 1400. The molecule has 10 nitrogen and oxygen atoms in total. The fourth-order valence-corrected chi connectivity index (χ4v) is 4.67. The van der Waals surface area contributed by atoms with Gasteiger partial charge in [0.05, 0.1) is 29.3 Å². The minimum absolute atomic E-state index is 0.00786. The minimum atomic E-state index is -1.23. The molecule has 1 saturated heterocycles. The second kappa shape index (κ2) is 9.06. The first-order chi connectivity index (χ1) is 16.6. The van der Waals surface area contributed by atoms with Crippen molar-refractivity contribution in [2.75, 3.05) is 12.0 Å². The largest absolute Gasteiger partial charge is 0.507 e. The first-order valence-corrected chi connectivity index (χ1v) is 10.8. The second-order valence-electron chi connectivity index (χ2n) is 7.43. The van der Waals surface area contributed by atoms with E-state index in [-0.39, 0.29) is 38.1 Å². The maximum absolute atomic E-state index is 13.4. The summed E-state index contributed by atoms with van der Waals surface area (Å²) < 4.78 is 18.1. The number of halogens is 1. The number of amides is 1. The van der Waals surface area contributed by atoms with Crippen molar-refractivity contribution in [3.05, 3.63) is 91.7 Å². The van der Waals surface area contributed by atoms with E-state index < -0.39 is 40.2 Å². The van der Waals surface area contributed by atoms with Gasteiger partial charge in [-0.05, 0) is 48.9 Å². The van der Waals surface area contributed by atoms with Gasteiger partial charge in [-0.2, -0.15) is 0 Å². The number of nitro benzene ring substituents is 1. The summed E-state index contributed by atoms with van der Waals surface area (Å²) in [6.07, 6.45) is 0. The van der Waals surface area contributed by atoms with Gasteiger partial charge in [-0.1, -0.05) is 11.3 Å². The van der Waals surface area contributed by atoms with Crippen LogP contribution < -0.4 is 4.90 Å². The number of non-ortho nitro benzene ring substituents is 1. The number of carbonyl (C=O) groups excluding carboxylic acids is 3. The fourth-order valence-electron chi connectivity index (χ4n) is 3.65. The van der Waals surface area contributed by atoms with Gasteiger partial charge in [0, 0.05) is 17.7 Å². The van der Waals surface area contributed by atoms with Crippen LogP contribution in [0.2, 0.25) is 0 Å². The van der Waals surface area contributed by atoms with Gasteiger partial charge in [0.25, 0.3) is 11.5 Å². The molecule has 1 aliphatic rings. The molecule has 0 bridgehead atoms. The molecule has 12 heteroatoms. The highest BCUT2D eigenvalue weighted by atomic mass is 32.1. The number of rotatable bonds is 5. The number of hydrogen-bond donors (Lipinski definition) is 1. The van der Waals surface area contributed by atoms with E-state index in [1.54, 1.807) is 0 Å². The summed E-state index contributed by atoms with van der Waals surface area (Å²) in [5.74, 6) is -3.87. The molecular weight excluding hydrogens is 481 g/mol. The topological polar surface area (TPSA) is 140 Å². The van der Waals surface area contributed by atoms with E-state index >= 15 is 0 Å². The molecule has 1 amide bonds. The van der Waals surface area contributed by atoms with Crippen LogP contribution in [0.15, 0.2) is 54.1 Å². The number of Topliss-reactive ketones (excluding diaryl/α,β-unsaturated/α-hetero) is 1. The summed E-state index contributed by atoms with van der Waals surface area (Å²) in [6.45, 7) is 1.53. The van der Waals surface area contributed by atoms with Gasteiger partial charge in [0.15, 0.2) is 5.13 Å². The number of nitro groups is 1. The standard InChI is InChI=1S/C23H16FN3O7S/c1-11-20(22(31)34-2)35-23(25-11)26-17(12-5-9-15(10-6-12)27(32)33)16(19(29)21(26)30)18(28)13-3-7-14(24)8-4-13/h3-10,17,28H,1-2H3/b18-16+/t17-/m1/s1. The first-order valence-electron chi connectivity index (χ1n) is 10.0. The predicted octanol–water partition coefficient (Wildman–Crippen LogP) is 3.91. The molecule has 0 saturated carbocycles. The van der Waals surface area contributed by atoms with Crippen molar-refractivity contribution in [1.29, 1.82) is 0 Å². The molecule has 1 aromatic heterocycles. The third kappa shape index (κ3) is 4.15. The van der Waals surface area contributed by atoms with E-state index in [2.05, 4.69) is 4.98 Å². The van der Waals surface area contributed by atoms with E-state index in [4.69, 9.17) is 4.74 Å². The van der Waals surface area contributed by atoms with Crippen molar-refractivity contribution in [2.45, 2.75) is 13.0 Å². The Hall–Kier alpha value is -4.45. The van der Waals surface area contributed by atoms with Gasteiger partial charge in [0.2, 0.25) is 0 Å². The second-order valence-corrected chi connectivity index (χ2v) is 8.40. The number of aryl methyl sites for hydroxylation is 1. The number of methoxy groups -OCH3 is 1. The van der Waals surface area contributed by atoms with Crippen LogP contribution in [0.25, 0.3) is 5.76 Å². The SMILES string of the molecule is COC(=O)c1sc(N2C(=O)C(=O)/C(=C(/O)c3ccc(F)cc3)[C@H]2c2ccc([N+](=O)[O-])cc2)nc1C. The smallest absolute Gasteiger partial charge is 0.350 e. The number of hydrogen-bond acceptors (Lipinski definition) is 9. The molecule has 0 aliphatic carbocycles. The molecule has 3 aromatic rings. The summed E-state index contributed by atoms with van der Waals surface area (Å²) in [5.41, 5.74) is 0.0813. The molecule has 1 aliphatic heterocycles. The molecule has 0 spiro atoms. The quantitative estimate of drug-likeness (QED) is 0.140. The van der Waals surface area contributed by atoms with Gasteiger partial charge < -0.3 is 9.84 Å². The zero-order chi connectivity index (χ0) is 25.4. The minimum Gasteiger partial charge on any atom is -0.507 e. The van der Waals surface area contributed by atoms with E-state index in [1.807, 2.05) is 0 Å². The van der Waals surface area contributed by atoms with Crippen molar-refractivity contribution in [3.63, 3.8) is 0 Å². The number of thiazole rings is 1. The molecule has 4 rings (SSSR count). The highest BCUT2D eigenvalue weighted by Crippen LogP contribution is 2.44. The normalized spacial score (nSPS) is 17.0. The number of aromatic nitrogens is 1. The molecule has 2 aromatic carbocycles. The predicted molar refractivity (Wildman–Crippen MR) is 122 cm³/mol. The van der Waals surface area contributed by atoms with Crippen LogP contribution in [0.4, 0.5) is 15.2 Å². The summed E-state index contributed by atoms with van der Waals surface area (Å²) in [6, 6.07) is 8.51. The number of aliphatic hydroxyl groups excluding tert-OH is 1. The Morgan fingerprint density at radius 2 is 1.80 bits per heavy atom. The summed E-state index contributed by atoms with van der Waals surface area (Å²) >= 11 is 0.818. The number of nitrogens with zero attached hydrogens (tertiary/aromatic N) is 3. The van der Waals surface area contributed by atoms with Gasteiger partial charge in [-0.3, -0.25) is 24.6 Å². The monoisotopic (exact) mass is 497 g/mol. The summed E-state index contributed by atoms with van der Waals surface area (Å²) in [5, 5.41) is 22.1. The van der Waals surface area contributed by atoms with Crippen LogP contribution in [0.1, 0.15) is 32.5 Å². The Kier molecular flexibility index (Phi) is 6.14. The van der Waals surface area contributed by atoms with E-state index in [0.717, 1.165) is 28.4 Å². The molecule has 178 valence electrons. The zero-order valence-electron chi connectivity index (χ0n) is 18.2. The van der Waals surface area contributed by atoms with Gasteiger partial charge in [0.1, 0.15) is 16.5 Å². The van der Waals surface area contributed by atoms with E-state index in [9.17, 15) is 34.0 Å².